The van der Waals surface area contributed by atoms with E-state index in [1.165, 1.54) is 14.2 Å². The second kappa shape index (κ2) is 10.8. The molecule has 0 spiro atoms. The largest absolute Gasteiger partial charge is 0.497 e. The zero-order chi connectivity index (χ0) is 28.3. The molecule has 0 unspecified atom stereocenters. The van der Waals surface area contributed by atoms with Crippen molar-refractivity contribution in [1.82, 2.24) is 0 Å². The summed E-state index contributed by atoms with van der Waals surface area (Å²) >= 11 is 0. The van der Waals surface area contributed by atoms with E-state index in [0.717, 1.165) is 48.5 Å². The van der Waals surface area contributed by atoms with Gasteiger partial charge in [-0.2, -0.15) is 26.3 Å². The van der Waals surface area contributed by atoms with E-state index in [0.29, 0.717) is 23.0 Å². The molecule has 0 amide bonds. The molecule has 0 saturated heterocycles. The topological polar surface area (TPSA) is 36.9 Å². The summed E-state index contributed by atoms with van der Waals surface area (Å²) in [6, 6.07) is 19.9. The van der Waals surface area contributed by atoms with Crippen LogP contribution in [0.3, 0.4) is 0 Å². The second-order valence-electron chi connectivity index (χ2n) is 8.35. The fraction of sp³-hybridized carbons (Fsp3) is 0.172. The molecule has 204 valence electrons. The molecule has 0 fully saturated rings. The second-order valence-corrected chi connectivity index (χ2v) is 8.35. The monoisotopic (exact) mass is 548 g/mol. The first-order valence-electron chi connectivity index (χ1n) is 11.5. The maximum Gasteiger partial charge on any atom is 0.411 e. The highest BCUT2D eigenvalue weighted by Crippen LogP contribution is 2.56. The molecule has 0 radical (unpaired) electrons. The Morgan fingerprint density at radius 2 is 0.615 bits per heavy atom. The van der Waals surface area contributed by atoms with Gasteiger partial charge in [-0.3, -0.25) is 0 Å². The predicted octanol–water partition coefficient (Wildman–Crippen LogP) is 8.70. The van der Waals surface area contributed by atoms with E-state index >= 15 is 0 Å². The summed E-state index contributed by atoms with van der Waals surface area (Å²) in [6.45, 7) is 0. The number of ether oxygens (including phenoxy) is 4. The summed E-state index contributed by atoms with van der Waals surface area (Å²) in [6.07, 6.45) is -11.4. The van der Waals surface area contributed by atoms with Crippen LogP contribution >= 0.6 is 0 Å². The highest BCUT2D eigenvalue weighted by atomic mass is 19.4. The van der Waals surface area contributed by atoms with Crippen molar-refractivity contribution in [3.63, 3.8) is 0 Å². The fourth-order valence-corrected chi connectivity index (χ4v) is 4.09. The molecular weight excluding hydrogens is 526 g/mol. The number of methoxy groups -OCH3 is 2. The number of benzene rings is 4. The SMILES string of the molecule is COc1ccc(Oc2ccc(C(c3ccc(Oc4ccc(OC)cc4)cc3)(C(F)(F)F)C(F)(F)F)cc2)cc1. The summed E-state index contributed by atoms with van der Waals surface area (Å²) in [5, 5.41) is 0. The van der Waals surface area contributed by atoms with Gasteiger partial charge in [-0.25, -0.2) is 0 Å². The van der Waals surface area contributed by atoms with Gasteiger partial charge in [0.15, 0.2) is 0 Å². The Kier molecular flexibility index (Phi) is 7.67. The third kappa shape index (κ3) is 5.59. The Morgan fingerprint density at radius 1 is 0.385 bits per heavy atom. The summed E-state index contributed by atoms with van der Waals surface area (Å²) in [5.41, 5.74) is -6.31. The summed E-state index contributed by atoms with van der Waals surface area (Å²) in [7, 11) is 2.95. The Bertz CT molecular complexity index is 1250. The van der Waals surface area contributed by atoms with Gasteiger partial charge in [0, 0.05) is 0 Å². The van der Waals surface area contributed by atoms with Crippen molar-refractivity contribution in [2.75, 3.05) is 14.2 Å². The molecule has 0 aliphatic heterocycles. The molecule has 0 aliphatic carbocycles. The van der Waals surface area contributed by atoms with Crippen LogP contribution in [0.2, 0.25) is 0 Å². The molecular formula is C29H22F6O4. The first-order valence-corrected chi connectivity index (χ1v) is 11.5. The lowest BCUT2D eigenvalue weighted by molar-refractivity contribution is -0.288. The van der Waals surface area contributed by atoms with Crippen LogP contribution in [-0.4, -0.2) is 26.6 Å². The van der Waals surface area contributed by atoms with Crippen LogP contribution in [0.5, 0.6) is 34.5 Å². The Balaban J connectivity index is 1.68. The van der Waals surface area contributed by atoms with Crippen LogP contribution in [0.15, 0.2) is 97.1 Å². The third-order valence-electron chi connectivity index (χ3n) is 6.02. The van der Waals surface area contributed by atoms with Gasteiger partial charge in [0.2, 0.25) is 5.41 Å². The lowest BCUT2D eigenvalue weighted by Crippen LogP contribution is -2.54. The molecule has 0 heterocycles. The van der Waals surface area contributed by atoms with Crippen LogP contribution in [0, 0.1) is 0 Å². The van der Waals surface area contributed by atoms with Crippen molar-refractivity contribution in [2.24, 2.45) is 0 Å². The molecule has 4 aromatic rings. The van der Waals surface area contributed by atoms with Crippen LogP contribution in [0.25, 0.3) is 0 Å². The van der Waals surface area contributed by atoms with E-state index in [2.05, 4.69) is 0 Å². The molecule has 4 nitrogen and oxygen atoms in total. The van der Waals surface area contributed by atoms with Crippen LogP contribution in [0.4, 0.5) is 26.3 Å². The van der Waals surface area contributed by atoms with Gasteiger partial charge < -0.3 is 18.9 Å². The van der Waals surface area contributed by atoms with Crippen LogP contribution in [-0.2, 0) is 5.41 Å². The average molecular weight is 548 g/mol. The van der Waals surface area contributed by atoms with Gasteiger partial charge in [-0.15, -0.1) is 0 Å². The normalized spacial score (nSPS) is 12.1. The number of rotatable bonds is 8. The van der Waals surface area contributed by atoms with Crippen molar-refractivity contribution >= 4 is 0 Å². The standard InChI is InChI=1S/C29H22F6O4/c1-36-21-11-15-25(16-12-21)38-23-7-3-19(4-8-23)27(28(30,31)32,29(33,34)35)20-5-9-24(10-6-20)39-26-17-13-22(37-2)14-18-26/h3-18H,1-2H3. The maximum atomic E-state index is 14.5. The van der Waals surface area contributed by atoms with Gasteiger partial charge >= 0.3 is 12.4 Å². The number of hydrogen-bond donors (Lipinski definition) is 0. The zero-order valence-electron chi connectivity index (χ0n) is 20.6. The van der Waals surface area contributed by atoms with Gasteiger partial charge in [0.1, 0.15) is 34.5 Å². The van der Waals surface area contributed by atoms with Crippen molar-refractivity contribution in [1.29, 1.82) is 0 Å². The molecule has 4 aromatic carbocycles. The number of alkyl halides is 6. The quantitative estimate of drug-likeness (QED) is 0.207. The molecule has 0 aromatic heterocycles. The zero-order valence-corrected chi connectivity index (χ0v) is 20.6. The highest BCUT2D eigenvalue weighted by Gasteiger charge is 2.72. The summed E-state index contributed by atoms with van der Waals surface area (Å²) in [5.74, 6) is 1.88. The van der Waals surface area contributed by atoms with E-state index < -0.39 is 28.9 Å². The van der Waals surface area contributed by atoms with E-state index in [4.69, 9.17) is 18.9 Å². The first kappa shape index (κ1) is 27.7. The Morgan fingerprint density at radius 3 is 0.846 bits per heavy atom. The fourth-order valence-electron chi connectivity index (χ4n) is 4.09. The molecule has 0 bridgehead atoms. The lowest BCUT2D eigenvalue weighted by atomic mass is 9.73. The highest BCUT2D eigenvalue weighted by molar-refractivity contribution is 5.48. The van der Waals surface area contributed by atoms with Crippen LogP contribution < -0.4 is 18.9 Å². The van der Waals surface area contributed by atoms with Gasteiger partial charge in [0.05, 0.1) is 14.2 Å². The van der Waals surface area contributed by atoms with E-state index in [9.17, 15) is 26.3 Å². The van der Waals surface area contributed by atoms with Crippen molar-refractivity contribution in [2.45, 2.75) is 17.8 Å². The molecule has 0 N–H and O–H groups in total. The Labute approximate surface area is 220 Å². The minimum absolute atomic E-state index is 0.0606. The molecule has 0 aliphatic rings. The van der Waals surface area contributed by atoms with E-state index in [-0.39, 0.29) is 11.5 Å². The minimum atomic E-state index is -5.72. The Hall–Kier alpha value is -4.34. The molecule has 10 heteroatoms. The van der Waals surface area contributed by atoms with Crippen LogP contribution in [0.1, 0.15) is 11.1 Å². The van der Waals surface area contributed by atoms with Crippen molar-refractivity contribution < 1.29 is 45.3 Å². The van der Waals surface area contributed by atoms with E-state index in [1.54, 1.807) is 48.5 Å². The lowest BCUT2D eigenvalue weighted by Gasteiger charge is -2.38. The third-order valence-corrected chi connectivity index (χ3v) is 6.02. The van der Waals surface area contributed by atoms with Gasteiger partial charge in [-0.1, -0.05) is 24.3 Å². The van der Waals surface area contributed by atoms with Gasteiger partial charge in [0.25, 0.3) is 0 Å². The van der Waals surface area contributed by atoms with Gasteiger partial charge in [-0.05, 0) is 83.9 Å². The number of hydrogen-bond acceptors (Lipinski definition) is 4. The first-order chi connectivity index (χ1) is 18.5. The van der Waals surface area contributed by atoms with Crippen molar-refractivity contribution in [3.8, 4) is 34.5 Å². The smallest absolute Gasteiger partial charge is 0.411 e. The predicted molar refractivity (Wildman–Crippen MR) is 132 cm³/mol. The number of halogens is 6. The average Bonchev–Trinajstić information content (AvgIpc) is 2.90. The summed E-state index contributed by atoms with van der Waals surface area (Å²) < 4.78 is 108. The molecule has 4 rings (SSSR count). The van der Waals surface area contributed by atoms with Crippen molar-refractivity contribution in [3.05, 3.63) is 108 Å². The molecule has 39 heavy (non-hydrogen) atoms. The van der Waals surface area contributed by atoms with E-state index in [1.807, 2.05) is 0 Å². The molecule has 0 atom stereocenters. The molecule has 0 saturated carbocycles. The summed E-state index contributed by atoms with van der Waals surface area (Å²) in [4.78, 5) is 0. The maximum absolute atomic E-state index is 14.5. The minimum Gasteiger partial charge on any atom is -0.497 e.